The number of fused-ring (bicyclic) bond motifs is 1. The van der Waals surface area contributed by atoms with Crippen LogP contribution in [0.1, 0.15) is 43.0 Å². The maximum atomic E-state index is 13.2. The van der Waals surface area contributed by atoms with Crippen molar-refractivity contribution >= 4 is 17.4 Å². The van der Waals surface area contributed by atoms with Crippen molar-refractivity contribution in [2.75, 3.05) is 11.4 Å². The van der Waals surface area contributed by atoms with E-state index >= 15 is 0 Å². The Morgan fingerprint density at radius 1 is 1.17 bits per heavy atom. The molecule has 0 aromatic heterocycles. The van der Waals surface area contributed by atoms with Crippen LogP contribution in [0.2, 0.25) is 0 Å². The Bertz CT molecular complexity index is 485. The highest BCUT2D eigenvalue weighted by Crippen LogP contribution is 2.29. The smallest absolute Gasteiger partial charge is 0.299 e. The molecular formula is C14H16FNO2. The summed E-state index contributed by atoms with van der Waals surface area (Å²) in [4.78, 5) is 24.9. The molecule has 4 heteroatoms. The highest BCUT2D eigenvalue weighted by Gasteiger charge is 2.35. The molecule has 1 aliphatic rings. The number of rotatable bonds is 5. The van der Waals surface area contributed by atoms with E-state index in [9.17, 15) is 14.0 Å². The number of halogens is 1. The number of nitrogens with zero attached hydrogens (tertiary/aromatic N) is 1. The highest BCUT2D eigenvalue weighted by atomic mass is 19.1. The van der Waals surface area contributed by atoms with E-state index in [0.29, 0.717) is 17.8 Å². The van der Waals surface area contributed by atoms with Crippen LogP contribution in [0.25, 0.3) is 0 Å². The third-order valence-electron chi connectivity index (χ3n) is 3.17. The van der Waals surface area contributed by atoms with Gasteiger partial charge in [-0.05, 0) is 24.6 Å². The lowest BCUT2D eigenvalue weighted by molar-refractivity contribution is -0.114. The molecule has 3 nitrogen and oxygen atoms in total. The summed E-state index contributed by atoms with van der Waals surface area (Å²) in [6.45, 7) is 2.59. The third kappa shape index (κ3) is 2.28. The van der Waals surface area contributed by atoms with E-state index in [0.717, 1.165) is 25.7 Å². The average molecular weight is 249 g/mol. The Balaban J connectivity index is 2.14. The first-order chi connectivity index (χ1) is 8.65. The molecule has 1 heterocycles. The van der Waals surface area contributed by atoms with E-state index in [1.54, 1.807) is 0 Å². The Hall–Kier alpha value is -1.71. The van der Waals surface area contributed by atoms with Crippen molar-refractivity contribution in [3.63, 3.8) is 0 Å². The summed E-state index contributed by atoms with van der Waals surface area (Å²) in [6, 6.07) is 3.86. The highest BCUT2D eigenvalue weighted by molar-refractivity contribution is 6.52. The predicted molar refractivity (Wildman–Crippen MR) is 67.2 cm³/mol. The van der Waals surface area contributed by atoms with Gasteiger partial charge in [0.05, 0.1) is 11.3 Å². The molecule has 1 amide bonds. The average Bonchev–Trinajstić information content (AvgIpc) is 2.59. The fourth-order valence-corrected chi connectivity index (χ4v) is 2.19. The lowest BCUT2D eigenvalue weighted by Gasteiger charge is -2.16. The van der Waals surface area contributed by atoms with E-state index in [1.807, 2.05) is 0 Å². The minimum atomic E-state index is -0.535. The van der Waals surface area contributed by atoms with Gasteiger partial charge in [0, 0.05) is 6.54 Å². The van der Waals surface area contributed by atoms with Crippen molar-refractivity contribution in [1.29, 1.82) is 0 Å². The number of hydrogen-bond acceptors (Lipinski definition) is 2. The van der Waals surface area contributed by atoms with E-state index < -0.39 is 17.5 Å². The van der Waals surface area contributed by atoms with Gasteiger partial charge >= 0.3 is 0 Å². The van der Waals surface area contributed by atoms with Crippen LogP contribution in [0.5, 0.6) is 0 Å². The summed E-state index contributed by atoms with van der Waals surface area (Å²) < 4.78 is 13.2. The number of unbranched alkanes of at least 4 members (excludes halogenated alkanes) is 3. The second-order valence-corrected chi connectivity index (χ2v) is 4.51. The van der Waals surface area contributed by atoms with Gasteiger partial charge < -0.3 is 4.90 Å². The van der Waals surface area contributed by atoms with Gasteiger partial charge in [-0.1, -0.05) is 26.2 Å². The lowest BCUT2D eigenvalue weighted by atomic mass is 10.1. The number of hydrogen-bond donors (Lipinski definition) is 0. The van der Waals surface area contributed by atoms with Crippen LogP contribution < -0.4 is 4.90 Å². The van der Waals surface area contributed by atoms with Crippen molar-refractivity contribution in [3.05, 3.63) is 29.6 Å². The second-order valence-electron chi connectivity index (χ2n) is 4.51. The number of anilines is 1. The van der Waals surface area contributed by atoms with E-state index in [4.69, 9.17) is 0 Å². The van der Waals surface area contributed by atoms with E-state index in [2.05, 4.69) is 6.92 Å². The summed E-state index contributed by atoms with van der Waals surface area (Å²) >= 11 is 0. The SMILES string of the molecule is CCCCCCN1C(=O)C(=O)c2ccc(F)cc21. The Morgan fingerprint density at radius 3 is 2.67 bits per heavy atom. The van der Waals surface area contributed by atoms with Crippen LogP contribution in [0.3, 0.4) is 0 Å². The first-order valence-corrected chi connectivity index (χ1v) is 6.31. The normalized spacial score (nSPS) is 14.2. The summed E-state index contributed by atoms with van der Waals surface area (Å²) in [5.41, 5.74) is 0.735. The van der Waals surface area contributed by atoms with Gasteiger partial charge in [0.15, 0.2) is 0 Å². The number of carbonyl (C=O) groups is 2. The maximum absolute atomic E-state index is 13.2. The van der Waals surface area contributed by atoms with Gasteiger partial charge in [-0.25, -0.2) is 4.39 Å². The molecule has 0 bridgehead atoms. The maximum Gasteiger partial charge on any atom is 0.299 e. The second kappa shape index (κ2) is 5.29. The molecule has 1 aromatic carbocycles. The molecule has 1 aromatic rings. The van der Waals surface area contributed by atoms with Gasteiger partial charge in [0.25, 0.3) is 11.7 Å². The molecule has 18 heavy (non-hydrogen) atoms. The van der Waals surface area contributed by atoms with Crippen molar-refractivity contribution in [3.8, 4) is 0 Å². The summed E-state index contributed by atoms with van der Waals surface area (Å²) in [5, 5.41) is 0. The lowest BCUT2D eigenvalue weighted by Crippen LogP contribution is -2.30. The standard InChI is InChI=1S/C14H16FNO2/c1-2-3-4-5-8-16-12-9-10(15)6-7-11(12)13(17)14(16)18/h6-7,9H,2-5,8H2,1H3. The van der Waals surface area contributed by atoms with Crippen molar-refractivity contribution in [2.45, 2.75) is 32.6 Å². The minimum absolute atomic E-state index is 0.317. The minimum Gasteiger partial charge on any atom is -0.305 e. The van der Waals surface area contributed by atoms with Crippen LogP contribution in [-0.4, -0.2) is 18.2 Å². The fraction of sp³-hybridized carbons (Fsp3) is 0.429. The van der Waals surface area contributed by atoms with E-state index in [1.165, 1.54) is 23.1 Å². The zero-order chi connectivity index (χ0) is 13.1. The molecule has 0 saturated carbocycles. The first kappa shape index (κ1) is 12.7. The monoisotopic (exact) mass is 249 g/mol. The zero-order valence-corrected chi connectivity index (χ0v) is 10.4. The molecule has 96 valence electrons. The summed E-state index contributed by atoms with van der Waals surface area (Å²) in [7, 11) is 0. The Morgan fingerprint density at radius 2 is 1.94 bits per heavy atom. The fourth-order valence-electron chi connectivity index (χ4n) is 2.19. The first-order valence-electron chi connectivity index (χ1n) is 6.31. The molecule has 0 N–H and O–H groups in total. The molecule has 0 unspecified atom stereocenters. The predicted octanol–water partition coefficient (Wildman–Crippen LogP) is 2.94. The quantitative estimate of drug-likeness (QED) is 0.594. The number of Topliss-reactive ketones (excluding diaryl/α,β-unsaturated/α-hetero) is 1. The molecule has 0 atom stereocenters. The third-order valence-corrected chi connectivity index (χ3v) is 3.17. The largest absolute Gasteiger partial charge is 0.305 e. The number of carbonyl (C=O) groups excluding carboxylic acids is 2. The number of benzene rings is 1. The van der Waals surface area contributed by atoms with Gasteiger partial charge in [0.1, 0.15) is 5.82 Å². The topological polar surface area (TPSA) is 37.4 Å². The van der Waals surface area contributed by atoms with Crippen LogP contribution >= 0.6 is 0 Å². The van der Waals surface area contributed by atoms with Crippen molar-refractivity contribution in [2.24, 2.45) is 0 Å². The summed E-state index contributed by atoms with van der Waals surface area (Å²) in [6.07, 6.45) is 4.06. The molecule has 1 aliphatic heterocycles. The molecule has 0 aliphatic carbocycles. The van der Waals surface area contributed by atoms with Crippen LogP contribution in [0, 0.1) is 5.82 Å². The molecular weight excluding hydrogens is 233 g/mol. The molecule has 2 rings (SSSR count). The van der Waals surface area contributed by atoms with E-state index in [-0.39, 0.29) is 0 Å². The van der Waals surface area contributed by atoms with Crippen molar-refractivity contribution < 1.29 is 14.0 Å². The van der Waals surface area contributed by atoms with Crippen LogP contribution in [0.4, 0.5) is 10.1 Å². The van der Waals surface area contributed by atoms with Gasteiger partial charge in [-0.3, -0.25) is 9.59 Å². The van der Waals surface area contributed by atoms with Gasteiger partial charge in [0.2, 0.25) is 0 Å². The van der Waals surface area contributed by atoms with Crippen molar-refractivity contribution in [1.82, 2.24) is 0 Å². The Kier molecular flexibility index (Phi) is 3.75. The number of amides is 1. The Labute approximate surface area is 106 Å². The van der Waals surface area contributed by atoms with Crippen LogP contribution in [-0.2, 0) is 4.79 Å². The summed E-state index contributed by atoms with van der Waals surface area (Å²) in [5.74, 6) is -1.48. The van der Waals surface area contributed by atoms with Crippen LogP contribution in [0.15, 0.2) is 18.2 Å². The zero-order valence-electron chi connectivity index (χ0n) is 10.4. The molecule has 0 radical (unpaired) electrons. The molecule has 0 spiro atoms. The van der Waals surface area contributed by atoms with Gasteiger partial charge in [-0.15, -0.1) is 0 Å². The molecule has 0 fully saturated rings. The molecule has 0 saturated heterocycles. The van der Waals surface area contributed by atoms with Gasteiger partial charge in [-0.2, -0.15) is 0 Å². The number of ketones is 1.